The maximum atomic E-state index is 14.0. The van der Waals surface area contributed by atoms with Gasteiger partial charge in [-0.05, 0) is 68.3 Å². The van der Waals surface area contributed by atoms with E-state index < -0.39 is 23.5 Å². The van der Waals surface area contributed by atoms with Crippen LogP contribution < -0.4 is 11.0 Å². The van der Waals surface area contributed by atoms with Crippen LogP contribution in [0.1, 0.15) is 29.7 Å². The Bertz CT molecular complexity index is 1870. The molecule has 2 aromatic carbocycles. The predicted octanol–water partition coefficient (Wildman–Crippen LogP) is 3.95. The molecule has 240 valence electrons. The van der Waals surface area contributed by atoms with Gasteiger partial charge < -0.3 is 14.7 Å². The molecule has 5 rings (SSSR count). The molecule has 0 aliphatic carbocycles. The maximum absolute atomic E-state index is 14.0. The number of carbonyl (C=O) groups is 2. The van der Waals surface area contributed by atoms with Gasteiger partial charge in [-0.3, -0.25) is 9.36 Å². The molecule has 2 amide bonds. The number of imidazole rings is 1. The summed E-state index contributed by atoms with van der Waals surface area (Å²) in [6, 6.07) is 13.4. The van der Waals surface area contributed by atoms with Crippen molar-refractivity contribution >= 4 is 11.9 Å². The van der Waals surface area contributed by atoms with Gasteiger partial charge in [0.2, 0.25) is 0 Å². The number of halogens is 3. The Morgan fingerprint density at radius 1 is 1.04 bits per heavy atom. The molecule has 0 unspecified atom stereocenters. The second kappa shape index (κ2) is 12.3. The van der Waals surface area contributed by atoms with Crippen LogP contribution in [-0.2, 0) is 11.0 Å². The molecule has 0 saturated carbocycles. The number of likely N-dealkylation sites (tertiary alicyclic amines) is 1. The zero-order valence-corrected chi connectivity index (χ0v) is 25.9. The number of nitriles is 1. The molecule has 1 N–H and O–H groups in total. The Balaban J connectivity index is 1.54. The molecule has 0 spiro atoms. The molecular formula is C32H34F3N8O3+. The number of amides is 2. The quantitative estimate of drug-likeness (QED) is 0.322. The molecule has 1 aliphatic heterocycles. The van der Waals surface area contributed by atoms with E-state index in [0.29, 0.717) is 53.9 Å². The Kier molecular flexibility index (Phi) is 8.64. The summed E-state index contributed by atoms with van der Waals surface area (Å²) in [5, 5.41) is 16.5. The van der Waals surface area contributed by atoms with Gasteiger partial charge in [-0.15, -0.1) is 0 Å². The standard InChI is InChI=1S/C32H33F3N8O3/c1-21-29(27-12-15-37-42(27)25-10-8-22(19-36)9-11-25)41(31(46)40(21)26-7-5-6-23(18-26)32(33,34)35)30(45)38-24-13-16-39(17-14-24)28(44)20-43(2,3)4/h5-12,15,18,24H,13-14,16-17,20H2,1-4H3/p+1. The number of aromatic nitrogens is 4. The van der Waals surface area contributed by atoms with E-state index in [1.54, 1.807) is 42.2 Å². The van der Waals surface area contributed by atoms with Crippen molar-refractivity contribution in [2.24, 2.45) is 0 Å². The van der Waals surface area contributed by atoms with Crippen LogP contribution in [0.5, 0.6) is 0 Å². The van der Waals surface area contributed by atoms with E-state index in [2.05, 4.69) is 10.4 Å². The number of nitrogens with zero attached hydrogens (tertiary/aromatic N) is 7. The van der Waals surface area contributed by atoms with Gasteiger partial charge in [0.25, 0.3) is 5.91 Å². The third-order valence-electron chi connectivity index (χ3n) is 7.83. The van der Waals surface area contributed by atoms with Gasteiger partial charge in [0.1, 0.15) is 5.69 Å². The minimum Gasteiger partial charge on any atom is -0.338 e. The van der Waals surface area contributed by atoms with E-state index in [9.17, 15) is 32.8 Å². The predicted molar refractivity (Wildman–Crippen MR) is 163 cm³/mol. The number of hydrogen-bond acceptors (Lipinski definition) is 5. The second-order valence-electron chi connectivity index (χ2n) is 12.3. The Morgan fingerprint density at radius 2 is 1.72 bits per heavy atom. The van der Waals surface area contributed by atoms with Gasteiger partial charge in [0, 0.05) is 19.1 Å². The van der Waals surface area contributed by atoms with Crippen molar-refractivity contribution in [3.8, 4) is 28.8 Å². The van der Waals surface area contributed by atoms with E-state index in [-0.39, 0.29) is 29.0 Å². The van der Waals surface area contributed by atoms with Crippen molar-refractivity contribution in [2.75, 3.05) is 40.8 Å². The van der Waals surface area contributed by atoms with Crippen molar-refractivity contribution in [2.45, 2.75) is 32.0 Å². The number of rotatable bonds is 6. The molecule has 46 heavy (non-hydrogen) atoms. The van der Waals surface area contributed by atoms with E-state index >= 15 is 0 Å². The molecule has 0 radical (unpaired) electrons. The number of carbonyl (C=O) groups excluding carboxylic acids is 2. The van der Waals surface area contributed by atoms with Crippen LogP contribution in [0.2, 0.25) is 0 Å². The Labute approximate surface area is 263 Å². The Hall–Kier alpha value is -5.16. The summed E-state index contributed by atoms with van der Waals surface area (Å²) in [5.41, 5.74) is -0.203. The number of alkyl halides is 3. The van der Waals surface area contributed by atoms with Gasteiger partial charge in [0.15, 0.2) is 6.54 Å². The first-order chi connectivity index (χ1) is 21.7. The van der Waals surface area contributed by atoms with Crippen LogP contribution in [0.25, 0.3) is 22.8 Å². The lowest BCUT2D eigenvalue weighted by Crippen LogP contribution is -2.52. The number of hydrogen-bond donors (Lipinski definition) is 1. The van der Waals surface area contributed by atoms with Crippen LogP contribution >= 0.6 is 0 Å². The third kappa shape index (κ3) is 6.59. The van der Waals surface area contributed by atoms with E-state index in [4.69, 9.17) is 0 Å². The summed E-state index contributed by atoms with van der Waals surface area (Å²) in [7, 11) is 5.79. The van der Waals surface area contributed by atoms with Crippen molar-refractivity contribution in [3.05, 3.63) is 88.1 Å². The number of benzene rings is 2. The maximum Gasteiger partial charge on any atom is 0.416 e. The summed E-state index contributed by atoms with van der Waals surface area (Å²) in [4.78, 5) is 42.4. The highest BCUT2D eigenvalue weighted by Gasteiger charge is 2.33. The summed E-state index contributed by atoms with van der Waals surface area (Å²) in [5.74, 6) is 0.0145. The third-order valence-corrected chi connectivity index (χ3v) is 7.83. The topological polar surface area (TPSA) is 118 Å². The van der Waals surface area contributed by atoms with Crippen molar-refractivity contribution in [1.29, 1.82) is 5.26 Å². The molecular weight excluding hydrogens is 601 g/mol. The first-order valence-electron chi connectivity index (χ1n) is 14.6. The molecule has 1 saturated heterocycles. The zero-order valence-electron chi connectivity index (χ0n) is 25.9. The fourth-order valence-electron chi connectivity index (χ4n) is 5.60. The molecule has 0 bridgehead atoms. The van der Waals surface area contributed by atoms with Crippen LogP contribution in [0.4, 0.5) is 18.0 Å². The molecule has 0 atom stereocenters. The lowest BCUT2D eigenvalue weighted by molar-refractivity contribution is -0.862. The van der Waals surface area contributed by atoms with Crippen LogP contribution in [0, 0.1) is 18.3 Å². The second-order valence-corrected chi connectivity index (χ2v) is 12.3. The molecule has 4 aromatic rings. The first kappa shape index (κ1) is 32.2. The highest BCUT2D eigenvalue weighted by Crippen LogP contribution is 2.32. The fourth-order valence-corrected chi connectivity index (χ4v) is 5.60. The summed E-state index contributed by atoms with van der Waals surface area (Å²) >= 11 is 0. The highest BCUT2D eigenvalue weighted by molar-refractivity contribution is 5.83. The van der Waals surface area contributed by atoms with Crippen molar-refractivity contribution in [1.82, 2.24) is 29.1 Å². The zero-order chi connectivity index (χ0) is 33.4. The van der Waals surface area contributed by atoms with Gasteiger partial charge in [-0.25, -0.2) is 18.8 Å². The van der Waals surface area contributed by atoms with E-state index in [1.165, 1.54) is 23.0 Å². The normalized spacial score (nSPS) is 14.3. The molecule has 11 nitrogen and oxygen atoms in total. The summed E-state index contributed by atoms with van der Waals surface area (Å²) in [6.07, 6.45) is -2.23. The van der Waals surface area contributed by atoms with Gasteiger partial charge >= 0.3 is 17.9 Å². The average Bonchev–Trinajstić information content (AvgIpc) is 3.58. The average molecular weight is 636 g/mol. The number of likely N-dealkylation sites (N-methyl/N-ethyl adjacent to an activating group) is 1. The summed E-state index contributed by atoms with van der Waals surface area (Å²) < 4.78 is 44.8. The first-order valence-corrected chi connectivity index (χ1v) is 14.6. The number of piperidine rings is 1. The van der Waals surface area contributed by atoms with Gasteiger partial charge in [-0.2, -0.15) is 23.5 Å². The minimum atomic E-state index is -4.65. The van der Waals surface area contributed by atoms with E-state index in [0.717, 1.165) is 21.3 Å². The lowest BCUT2D eigenvalue weighted by Gasteiger charge is -2.34. The van der Waals surface area contributed by atoms with E-state index in [1.807, 2.05) is 27.2 Å². The smallest absolute Gasteiger partial charge is 0.338 e. The monoisotopic (exact) mass is 635 g/mol. The number of nitrogens with one attached hydrogen (secondary N) is 1. The highest BCUT2D eigenvalue weighted by atomic mass is 19.4. The largest absolute Gasteiger partial charge is 0.416 e. The fraction of sp³-hybridized carbons (Fsp3) is 0.344. The molecule has 1 fully saturated rings. The molecule has 1 aliphatic rings. The SMILES string of the molecule is Cc1c(-c2ccnn2-c2ccc(C#N)cc2)n(C(=O)NC2CCN(C(=O)C[N+](C)(C)C)CC2)c(=O)n1-c1cccc(C(F)(F)F)c1. The van der Waals surface area contributed by atoms with Crippen molar-refractivity contribution in [3.63, 3.8) is 0 Å². The van der Waals surface area contributed by atoms with Gasteiger partial charge in [-0.1, -0.05) is 6.07 Å². The molecule has 3 heterocycles. The van der Waals surface area contributed by atoms with Gasteiger partial charge in [0.05, 0.1) is 67.3 Å². The van der Waals surface area contributed by atoms with Crippen LogP contribution in [0.15, 0.2) is 65.6 Å². The molecule has 14 heteroatoms. The minimum absolute atomic E-state index is 0.0145. The van der Waals surface area contributed by atoms with Crippen LogP contribution in [0.3, 0.4) is 0 Å². The number of quaternary nitrogens is 1. The van der Waals surface area contributed by atoms with Crippen LogP contribution in [-0.4, -0.2) is 87.1 Å². The summed E-state index contributed by atoms with van der Waals surface area (Å²) in [6.45, 7) is 2.75. The molecule has 2 aromatic heterocycles. The lowest BCUT2D eigenvalue weighted by atomic mass is 10.1. The Morgan fingerprint density at radius 3 is 2.33 bits per heavy atom. The van der Waals surface area contributed by atoms with Crippen molar-refractivity contribution < 1.29 is 27.2 Å².